The van der Waals surface area contributed by atoms with E-state index in [1.165, 1.54) is 29.2 Å². The summed E-state index contributed by atoms with van der Waals surface area (Å²) in [7, 11) is -5.08. The normalized spacial score (nSPS) is 21.1. The van der Waals surface area contributed by atoms with E-state index in [4.69, 9.17) is 0 Å². The first-order valence-corrected chi connectivity index (χ1v) is 7.98. The zero-order valence-corrected chi connectivity index (χ0v) is 12.2. The van der Waals surface area contributed by atoms with Crippen molar-refractivity contribution in [2.45, 2.75) is 25.3 Å². The van der Waals surface area contributed by atoms with Crippen molar-refractivity contribution in [3.05, 3.63) is 41.5 Å². The molecule has 116 valence electrons. The molecule has 6 nitrogen and oxygen atoms in total. The van der Waals surface area contributed by atoms with Crippen LogP contribution in [0.5, 0.6) is 5.75 Å². The van der Waals surface area contributed by atoms with Crippen molar-refractivity contribution in [3.8, 4) is 5.75 Å². The summed E-state index contributed by atoms with van der Waals surface area (Å²) in [4.78, 5) is 24.8. The number of rotatable bonds is 3. The first-order valence-electron chi connectivity index (χ1n) is 6.67. The fourth-order valence-electron chi connectivity index (χ4n) is 2.92. The van der Waals surface area contributed by atoms with Gasteiger partial charge in [0.2, 0.25) is 0 Å². The van der Waals surface area contributed by atoms with Gasteiger partial charge in [0, 0.05) is 12.2 Å². The van der Waals surface area contributed by atoms with Gasteiger partial charge in [0.05, 0.1) is 6.04 Å². The van der Waals surface area contributed by atoms with E-state index in [0.29, 0.717) is 12.8 Å². The molecule has 3 rings (SSSR count). The number of nitrogens with zero attached hydrogens (tertiary/aromatic N) is 1. The fourth-order valence-corrected chi connectivity index (χ4v) is 3.25. The van der Waals surface area contributed by atoms with E-state index < -0.39 is 16.5 Å². The third-order valence-electron chi connectivity index (χ3n) is 3.75. The second-order valence-electron chi connectivity index (χ2n) is 5.12. The first kappa shape index (κ1) is 14.7. The Morgan fingerprint density at radius 1 is 1.18 bits per heavy atom. The van der Waals surface area contributed by atoms with Gasteiger partial charge in [-0.25, -0.2) is 0 Å². The number of imide groups is 1. The van der Waals surface area contributed by atoms with Crippen LogP contribution < -0.4 is 4.18 Å². The fraction of sp³-hybridized carbons (Fsp3) is 0.286. The summed E-state index contributed by atoms with van der Waals surface area (Å²) in [5.41, 5.74) is 1.49. The van der Waals surface area contributed by atoms with Crippen LogP contribution in [0.15, 0.2) is 30.4 Å². The topological polar surface area (TPSA) is 80.8 Å². The number of hydrogen-bond donors (Lipinski definition) is 0. The molecule has 0 radical (unpaired) electrons. The lowest BCUT2D eigenvalue weighted by Crippen LogP contribution is -2.36. The molecule has 0 spiro atoms. The second kappa shape index (κ2) is 5.20. The predicted octanol–water partition coefficient (Wildman–Crippen LogP) is 1.58. The molecule has 0 bridgehead atoms. The summed E-state index contributed by atoms with van der Waals surface area (Å²) in [6.45, 7) is 0. The van der Waals surface area contributed by atoms with Gasteiger partial charge in [-0.15, -0.1) is 0 Å². The molecule has 1 aliphatic carbocycles. The average molecular weight is 325 g/mol. The van der Waals surface area contributed by atoms with Crippen molar-refractivity contribution < 1.29 is 26.1 Å². The van der Waals surface area contributed by atoms with Crippen molar-refractivity contribution in [2.24, 2.45) is 0 Å². The number of halogens is 1. The van der Waals surface area contributed by atoms with Crippen LogP contribution in [0.1, 0.15) is 30.0 Å². The van der Waals surface area contributed by atoms with Crippen LogP contribution in [-0.4, -0.2) is 25.1 Å². The Bertz CT molecular complexity index is 768. The van der Waals surface area contributed by atoms with Crippen LogP contribution in [0.2, 0.25) is 0 Å². The van der Waals surface area contributed by atoms with E-state index >= 15 is 0 Å². The third kappa shape index (κ3) is 2.74. The van der Waals surface area contributed by atoms with E-state index in [1.807, 2.05) is 0 Å². The molecule has 1 atom stereocenters. The maximum atomic E-state index is 12.6. The SMILES string of the molecule is O=C1C=CC(=O)N1[C@H]1CCCc2cc(OS(=O)(=O)F)ccc21. The maximum Gasteiger partial charge on any atom is 0.488 e. The molecule has 1 aliphatic heterocycles. The van der Waals surface area contributed by atoms with E-state index in [1.54, 1.807) is 6.07 Å². The molecule has 1 heterocycles. The van der Waals surface area contributed by atoms with Gasteiger partial charge in [0.25, 0.3) is 11.8 Å². The molecule has 0 saturated heterocycles. The highest BCUT2D eigenvalue weighted by atomic mass is 32.3. The van der Waals surface area contributed by atoms with Gasteiger partial charge in [-0.2, -0.15) is 8.42 Å². The molecule has 0 aromatic heterocycles. The lowest BCUT2D eigenvalue weighted by molar-refractivity contribution is -0.140. The van der Waals surface area contributed by atoms with Gasteiger partial charge < -0.3 is 4.18 Å². The van der Waals surface area contributed by atoms with Crippen molar-refractivity contribution >= 4 is 22.3 Å². The predicted molar refractivity (Wildman–Crippen MR) is 73.8 cm³/mol. The van der Waals surface area contributed by atoms with Gasteiger partial charge in [-0.1, -0.05) is 9.95 Å². The van der Waals surface area contributed by atoms with Crippen LogP contribution in [0, 0.1) is 0 Å². The Hall–Kier alpha value is -2.22. The summed E-state index contributed by atoms with van der Waals surface area (Å²) in [6, 6.07) is 3.91. The second-order valence-corrected chi connectivity index (χ2v) is 6.08. The molecular formula is C14H12FNO5S. The smallest absolute Gasteiger partial charge is 0.358 e. The zero-order chi connectivity index (χ0) is 15.9. The van der Waals surface area contributed by atoms with E-state index in [-0.39, 0.29) is 17.6 Å². The molecule has 2 amide bonds. The van der Waals surface area contributed by atoms with Crippen LogP contribution in [0.3, 0.4) is 0 Å². The van der Waals surface area contributed by atoms with Crippen molar-refractivity contribution in [3.63, 3.8) is 0 Å². The minimum Gasteiger partial charge on any atom is -0.358 e. The molecule has 0 unspecified atom stereocenters. The standard InChI is InChI=1S/C14H12FNO5S/c15-22(19,20)21-10-4-5-11-9(8-10)2-1-3-12(11)16-13(17)6-7-14(16)18/h4-8,12H,1-3H2/t12-/m0/s1. The summed E-state index contributed by atoms with van der Waals surface area (Å²) >= 11 is 0. The molecule has 2 aliphatic rings. The van der Waals surface area contributed by atoms with Crippen molar-refractivity contribution in [1.82, 2.24) is 4.90 Å². The van der Waals surface area contributed by atoms with Gasteiger partial charge in [0.1, 0.15) is 5.75 Å². The number of fused-ring (bicyclic) bond motifs is 1. The lowest BCUT2D eigenvalue weighted by atomic mass is 9.86. The number of amides is 2. The average Bonchev–Trinajstić information content (AvgIpc) is 2.75. The highest BCUT2D eigenvalue weighted by Gasteiger charge is 2.34. The molecular weight excluding hydrogens is 313 g/mol. The zero-order valence-electron chi connectivity index (χ0n) is 11.4. The number of carbonyl (C=O) groups is 2. The Balaban J connectivity index is 1.94. The van der Waals surface area contributed by atoms with Crippen LogP contribution >= 0.6 is 0 Å². The van der Waals surface area contributed by atoms with Crippen LogP contribution in [0.4, 0.5) is 3.89 Å². The van der Waals surface area contributed by atoms with Crippen molar-refractivity contribution in [1.29, 1.82) is 0 Å². The molecule has 8 heteroatoms. The molecule has 0 fully saturated rings. The van der Waals surface area contributed by atoms with Crippen molar-refractivity contribution in [2.75, 3.05) is 0 Å². The highest BCUT2D eigenvalue weighted by molar-refractivity contribution is 7.81. The third-order valence-corrected chi connectivity index (χ3v) is 4.14. The Morgan fingerprint density at radius 3 is 2.50 bits per heavy atom. The number of benzene rings is 1. The molecule has 0 N–H and O–H groups in total. The number of hydrogen-bond acceptors (Lipinski definition) is 5. The van der Waals surface area contributed by atoms with E-state index in [2.05, 4.69) is 4.18 Å². The first-order chi connectivity index (χ1) is 10.3. The molecule has 0 saturated carbocycles. The van der Waals surface area contributed by atoms with E-state index in [9.17, 15) is 21.9 Å². The summed E-state index contributed by atoms with van der Waals surface area (Å²) in [5.74, 6) is -0.858. The molecule has 1 aromatic rings. The van der Waals surface area contributed by atoms with Crippen LogP contribution in [0.25, 0.3) is 0 Å². The van der Waals surface area contributed by atoms with E-state index in [0.717, 1.165) is 17.5 Å². The Kier molecular flexibility index (Phi) is 3.48. The highest BCUT2D eigenvalue weighted by Crippen LogP contribution is 2.37. The van der Waals surface area contributed by atoms with Gasteiger partial charge in [-0.3, -0.25) is 14.5 Å². The monoisotopic (exact) mass is 325 g/mol. The van der Waals surface area contributed by atoms with Crippen LogP contribution in [-0.2, 0) is 26.5 Å². The summed E-state index contributed by atoms with van der Waals surface area (Å²) in [6.07, 6.45) is 4.45. The van der Waals surface area contributed by atoms with Gasteiger partial charge >= 0.3 is 10.5 Å². The maximum absolute atomic E-state index is 12.6. The number of carbonyl (C=O) groups excluding carboxylic acids is 2. The Labute approximate surface area is 126 Å². The quantitative estimate of drug-likeness (QED) is 0.622. The lowest BCUT2D eigenvalue weighted by Gasteiger charge is -2.31. The minimum atomic E-state index is -5.08. The van der Waals surface area contributed by atoms with Gasteiger partial charge in [0.15, 0.2) is 0 Å². The number of aryl methyl sites for hydroxylation is 1. The Morgan fingerprint density at radius 2 is 1.86 bits per heavy atom. The summed E-state index contributed by atoms with van der Waals surface area (Å²) in [5, 5.41) is 0. The van der Waals surface area contributed by atoms with Gasteiger partial charge in [-0.05, 0) is 42.5 Å². The molecule has 1 aromatic carbocycles. The largest absolute Gasteiger partial charge is 0.488 e. The minimum absolute atomic E-state index is 0.126. The molecule has 22 heavy (non-hydrogen) atoms. The summed E-state index contributed by atoms with van der Waals surface area (Å²) < 4.78 is 37.9.